The van der Waals surface area contributed by atoms with Crippen LogP contribution in [0.25, 0.3) is 21.7 Å². The highest BCUT2D eigenvalue weighted by Gasteiger charge is 2.36. The molecule has 0 unspecified atom stereocenters. The van der Waals surface area contributed by atoms with Gasteiger partial charge in [0.2, 0.25) is 0 Å². The van der Waals surface area contributed by atoms with Gasteiger partial charge in [0.25, 0.3) is 5.89 Å². The molecule has 5 nitrogen and oxygen atoms in total. The number of aromatic nitrogens is 3. The Hall–Kier alpha value is -3.12. The Morgan fingerprint density at radius 3 is 2.77 bits per heavy atom. The topological polar surface area (TPSA) is 67.6 Å². The summed E-state index contributed by atoms with van der Waals surface area (Å²) in [4.78, 5) is 5.10. The van der Waals surface area contributed by atoms with Gasteiger partial charge in [-0.1, -0.05) is 11.2 Å². The summed E-state index contributed by atoms with van der Waals surface area (Å²) in [5.74, 6) is 0.720. The first-order chi connectivity index (χ1) is 12.5. The van der Waals surface area contributed by atoms with Crippen LogP contribution in [0.3, 0.4) is 0 Å². The van der Waals surface area contributed by atoms with Crippen LogP contribution in [0.15, 0.2) is 46.4 Å². The molecule has 0 amide bonds. The van der Waals surface area contributed by atoms with E-state index in [0.717, 1.165) is 4.88 Å². The van der Waals surface area contributed by atoms with Crippen LogP contribution < -0.4 is 0 Å². The molecule has 0 aliphatic carbocycles. The molecule has 26 heavy (non-hydrogen) atoms. The van der Waals surface area contributed by atoms with Crippen LogP contribution in [-0.2, 0) is 12.7 Å². The highest BCUT2D eigenvalue weighted by molar-refractivity contribution is 7.13. The molecule has 0 saturated heterocycles. The summed E-state index contributed by atoms with van der Waals surface area (Å²) in [5.41, 5.74) is -0.982. The van der Waals surface area contributed by atoms with E-state index in [-0.39, 0.29) is 11.9 Å². The third-order valence-electron chi connectivity index (χ3n) is 3.87. The minimum absolute atomic E-state index is 0.0291. The van der Waals surface area contributed by atoms with E-state index in [0.29, 0.717) is 17.2 Å². The summed E-state index contributed by atoms with van der Waals surface area (Å²) in [6, 6.07) is 9.31. The monoisotopic (exact) mass is 374 g/mol. The van der Waals surface area contributed by atoms with Crippen LogP contribution in [-0.4, -0.2) is 14.7 Å². The Balaban J connectivity index is 1.74. The molecule has 0 aliphatic heterocycles. The number of rotatable bonds is 3. The highest BCUT2D eigenvalue weighted by atomic mass is 32.1. The van der Waals surface area contributed by atoms with Crippen LogP contribution in [0.2, 0.25) is 0 Å². The minimum atomic E-state index is -4.62. The SMILES string of the molecule is N#Cc1ccc2c(ccn2Cc2noc(-c3cccs3)n2)c1C(F)(F)F. The fraction of sp³-hybridized carbons (Fsp3) is 0.118. The van der Waals surface area contributed by atoms with Gasteiger partial charge in [0.05, 0.1) is 28.6 Å². The number of hydrogen-bond donors (Lipinski definition) is 0. The summed E-state index contributed by atoms with van der Waals surface area (Å²) < 4.78 is 46.9. The first-order valence-corrected chi connectivity index (χ1v) is 8.31. The van der Waals surface area contributed by atoms with Crippen LogP contribution in [0.4, 0.5) is 13.2 Å². The van der Waals surface area contributed by atoms with E-state index < -0.39 is 17.3 Å². The summed E-state index contributed by atoms with van der Waals surface area (Å²) >= 11 is 1.45. The molecule has 3 aromatic heterocycles. The zero-order chi connectivity index (χ0) is 18.3. The summed E-state index contributed by atoms with van der Waals surface area (Å²) in [5, 5.41) is 14.7. The lowest BCUT2D eigenvalue weighted by Gasteiger charge is -2.11. The van der Waals surface area contributed by atoms with E-state index in [9.17, 15) is 13.2 Å². The van der Waals surface area contributed by atoms with Crippen molar-refractivity contribution in [1.82, 2.24) is 14.7 Å². The zero-order valence-corrected chi connectivity index (χ0v) is 13.8. The normalized spacial score (nSPS) is 11.8. The smallest absolute Gasteiger partial charge is 0.340 e. The maximum absolute atomic E-state index is 13.4. The second-order valence-corrected chi connectivity index (χ2v) is 6.41. The average molecular weight is 374 g/mol. The van der Waals surface area contributed by atoms with Gasteiger partial charge in [-0.3, -0.25) is 0 Å². The molecule has 3 heterocycles. The number of nitrogens with zero attached hydrogens (tertiary/aromatic N) is 4. The average Bonchev–Trinajstić information content (AvgIpc) is 3.34. The molecular weight excluding hydrogens is 365 g/mol. The van der Waals surface area contributed by atoms with Crippen molar-refractivity contribution in [3.05, 3.63) is 58.9 Å². The van der Waals surface area contributed by atoms with E-state index in [2.05, 4.69) is 10.1 Å². The summed E-state index contributed by atoms with van der Waals surface area (Å²) in [6.07, 6.45) is -3.10. The first kappa shape index (κ1) is 16.4. The first-order valence-electron chi connectivity index (χ1n) is 7.43. The van der Waals surface area contributed by atoms with E-state index in [1.807, 2.05) is 17.5 Å². The van der Waals surface area contributed by atoms with Crippen LogP contribution >= 0.6 is 11.3 Å². The van der Waals surface area contributed by atoms with Crippen molar-refractivity contribution < 1.29 is 17.7 Å². The third-order valence-corrected chi connectivity index (χ3v) is 4.73. The summed E-state index contributed by atoms with van der Waals surface area (Å²) in [6.45, 7) is 0.154. The quantitative estimate of drug-likeness (QED) is 0.522. The lowest BCUT2D eigenvalue weighted by molar-refractivity contribution is -0.136. The molecule has 130 valence electrons. The van der Waals surface area contributed by atoms with Crippen molar-refractivity contribution in [2.24, 2.45) is 0 Å². The summed E-state index contributed by atoms with van der Waals surface area (Å²) in [7, 11) is 0. The fourth-order valence-corrected chi connectivity index (χ4v) is 3.42. The van der Waals surface area contributed by atoms with Crippen molar-refractivity contribution in [1.29, 1.82) is 5.26 Å². The number of hydrogen-bond acceptors (Lipinski definition) is 5. The van der Waals surface area contributed by atoms with Gasteiger partial charge in [0.15, 0.2) is 5.82 Å². The van der Waals surface area contributed by atoms with Crippen LogP contribution in [0.1, 0.15) is 17.0 Å². The van der Waals surface area contributed by atoms with Crippen molar-refractivity contribution >= 4 is 22.2 Å². The predicted octanol–water partition coefficient (Wildman–Crippen LogP) is 4.69. The van der Waals surface area contributed by atoms with E-state index in [4.69, 9.17) is 9.78 Å². The van der Waals surface area contributed by atoms with E-state index in [1.54, 1.807) is 10.6 Å². The van der Waals surface area contributed by atoms with Crippen molar-refractivity contribution in [3.63, 3.8) is 0 Å². The number of benzene rings is 1. The van der Waals surface area contributed by atoms with Gasteiger partial charge in [0.1, 0.15) is 0 Å². The molecule has 0 saturated carbocycles. The molecule has 0 spiro atoms. The molecule has 9 heteroatoms. The predicted molar refractivity (Wildman–Crippen MR) is 88.4 cm³/mol. The van der Waals surface area contributed by atoms with Gasteiger partial charge < -0.3 is 9.09 Å². The molecule has 0 aliphatic rings. The molecular formula is C17H9F3N4OS. The molecule has 0 fully saturated rings. The number of fused-ring (bicyclic) bond motifs is 1. The van der Waals surface area contributed by atoms with Crippen molar-refractivity contribution in [2.45, 2.75) is 12.7 Å². The fourth-order valence-electron chi connectivity index (χ4n) is 2.78. The molecule has 4 aromatic rings. The van der Waals surface area contributed by atoms with Crippen molar-refractivity contribution in [2.75, 3.05) is 0 Å². The Morgan fingerprint density at radius 2 is 2.08 bits per heavy atom. The molecule has 0 radical (unpaired) electrons. The maximum atomic E-state index is 13.4. The number of nitriles is 1. The number of thiophene rings is 1. The highest BCUT2D eigenvalue weighted by Crippen LogP contribution is 2.37. The van der Waals surface area contributed by atoms with Gasteiger partial charge in [-0.25, -0.2) is 0 Å². The number of alkyl halides is 3. The molecule has 0 bridgehead atoms. The van der Waals surface area contributed by atoms with Gasteiger partial charge in [-0.15, -0.1) is 11.3 Å². The second-order valence-electron chi connectivity index (χ2n) is 5.47. The molecule has 0 atom stereocenters. The van der Waals surface area contributed by atoms with Crippen LogP contribution in [0, 0.1) is 11.3 Å². The Morgan fingerprint density at radius 1 is 1.23 bits per heavy atom. The molecule has 4 rings (SSSR count). The van der Waals surface area contributed by atoms with Gasteiger partial charge in [-0.05, 0) is 29.6 Å². The van der Waals surface area contributed by atoms with Crippen LogP contribution in [0.5, 0.6) is 0 Å². The second kappa shape index (κ2) is 6.00. The Labute approximate surface area is 148 Å². The minimum Gasteiger partial charge on any atom is -0.340 e. The lowest BCUT2D eigenvalue weighted by Crippen LogP contribution is -2.09. The third kappa shape index (κ3) is 2.74. The maximum Gasteiger partial charge on any atom is 0.418 e. The molecule has 1 aromatic carbocycles. The van der Waals surface area contributed by atoms with Gasteiger partial charge in [0, 0.05) is 17.1 Å². The van der Waals surface area contributed by atoms with Gasteiger partial charge >= 0.3 is 6.18 Å². The van der Waals surface area contributed by atoms with Gasteiger partial charge in [-0.2, -0.15) is 23.4 Å². The van der Waals surface area contributed by atoms with E-state index in [1.165, 1.54) is 35.7 Å². The van der Waals surface area contributed by atoms with Crippen molar-refractivity contribution in [3.8, 4) is 16.8 Å². The molecule has 0 N–H and O–H groups in total. The van der Waals surface area contributed by atoms with E-state index >= 15 is 0 Å². The Kier molecular flexibility index (Phi) is 3.77. The lowest BCUT2D eigenvalue weighted by atomic mass is 10.0. The standard InChI is InChI=1S/C17H9F3N4OS/c18-17(19,20)15-10(8-21)3-4-12-11(15)5-6-24(12)9-14-22-16(25-23-14)13-2-1-7-26-13/h1-7H,9H2. The number of halogens is 3. The Bertz CT molecular complexity index is 1120. The largest absolute Gasteiger partial charge is 0.418 e. The zero-order valence-electron chi connectivity index (χ0n) is 13.0.